The Morgan fingerprint density at radius 2 is 2.00 bits per heavy atom. The average Bonchev–Trinajstić information content (AvgIpc) is 3.11. The molecule has 25 heavy (non-hydrogen) atoms. The third-order valence-electron chi connectivity index (χ3n) is 3.44. The Hall–Kier alpha value is -2.21. The molecule has 1 heterocycles. The largest absolute Gasteiger partial charge is 0.468 e. The fourth-order valence-electron chi connectivity index (χ4n) is 2.06. The molecule has 1 amide bonds. The summed E-state index contributed by atoms with van der Waals surface area (Å²) in [5, 5.41) is 2.75. The molecular formula is C19H23NO4S. The predicted molar refractivity (Wildman–Crippen MR) is 97.5 cm³/mol. The molecule has 0 saturated carbocycles. The lowest BCUT2D eigenvalue weighted by molar-refractivity contribution is -0.124. The number of hydrogen-bond acceptors (Lipinski definition) is 5. The van der Waals surface area contributed by atoms with E-state index in [9.17, 15) is 9.59 Å². The highest BCUT2D eigenvalue weighted by Gasteiger charge is 2.15. The molecule has 0 saturated heterocycles. The van der Waals surface area contributed by atoms with Crippen molar-refractivity contribution in [1.82, 2.24) is 5.32 Å². The van der Waals surface area contributed by atoms with E-state index in [1.807, 2.05) is 24.3 Å². The zero-order valence-electron chi connectivity index (χ0n) is 14.5. The molecule has 5 nitrogen and oxygen atoms in total. The minimum absolute atomic E-state index is 0.270. The number of benzene rings is 1. The van der Waals surface area contributed by atoms with Gasteiger partial charge < -0.3 is 14.5 Å². The van der Waals surface area contributed by atoms with Crippen LogP contribution in [0.4, 0.5) is 0 Å². The van der Waals surface area contributed by atoms with Crippen molar-refractivity contribution in [2.24, 2.45) is 5.92 Å². The molecule has 0 aliphatic rings. The molecule has 6 heteroatoms. The lowest BCUT2D eigenvalue weighted by Gasteiger charge is -2.10. The molecule has 0 fully saturated rings. The Morgan fingerprint density at radius 1 is 1.20 bits per heavy atom. The molecule has 1 N–H and O–H groups in total. The molecule has 2 rings (SSSR count). The zero-order chi connectivity index (χ0) is 18.1. The standard InChI is InChI=1S/C19H23NO4S/c1-14(2)9-10-20-18(21)12-24-19(22)16-7-3-4-8-17(16)25-13-15-6-5-11-23-15/h3-8,11,14H,9-10,12-13H2,1-2H3,(H,20,21). The Kier molecular flexibility index (Phi) is 7.60. The molecule has 0 radical (unpaired) electrons. The van der Waals surface area contributed by atoms with Crippen molar-refractivity contribution in [1.29, 1.82) is 0 Å². The summed E-state index contributed by atoms with van der Waals surface area (Å²) >= 11 is 1.49. The lowest BCUT2D eigenvalue weighted by atomic mass is 10.1. The highest BCUT2D eigenvalue weighted by Crippen LogP contribution is 2.26. The van der Waals surface area contributed by atoms with Gasteiger partial charge in [0.15, 0.2) is 6.61 Å². The molecule has 0 atom stereocenters. The molecule has 1 aromatic carbocycles. The first-order chi connectivity index (χ1) is 12.1. The van der Waals surface area contributed by atoms with Crippen molar-refractivity contribution in [2.75, 3.05) is 13.2 Å². The summed E-state index contributed by atoms with van der Waals surface area (Å²) in [5.41, 5.74) is 0.453. The third kappa shape index (κ3) is 6.66. The van der Waals surface area contributed by atoms with Gasteiger partial charge in [-0.3, -0.25) is 4.79 Å². The Bertz CT molecular complexity index is 682. The minimum Gasteiger partial charge on any atom is -0.468 e. The van der Waals surface area contributed by atoms with E-state index in [-0.39, 0.29) is 12.5 Å². The fraction of sp³-hybridized carbons (Fsp3) is 0.368. The highest BCUT2D eigenvalue weighted by atomic mass is 32.2. The van der Waals surface area contributed by atoms with Gasteiger partial charge in [-0.05, 0) is 36.6 Å². The van der Waals surface area contributed by atoms with Crippen LogP contribution in [0.15, 0.2) is 52.0 Å². The lowest BCUT2D eigenvalue weighted by Crippen LogP contribution is -2.30. The first-order valence-electron chi connectivity index (χ1n) is 8.24. The van der Waals surface area contributed by atoms with Crippen LogP contribution in [0, 0.1) is 5.92 Å². The van der Waals surface area contributed by atoms with Gasteiger partial charge in [0.05, 0.1) is 17.6 Å². The Labute approximate surface area is 152 Å². The molecule has 0 spiro atoms. The minimum atomic E-state index is -0.499. The van der Waals surface area contributed by atoms with Gasteiger partial charge in [-0.15, -0.1) is 11.8 Å². The van der Waals surface area contributed by atoms with E-state index < -0.39 is 5.97 Å². The van der Waals surface area contributed by atoms with E-state index in [0.717, 1.165) is 17.1 Å². The third-order valence-corrected chi connectivity index (χ3v) is 4.53. The summed E-state index contributed by atoms with van der Waals surface area (Å²) in [7, 11) is 0. The monoisotopic (exact) mass is 361 g/mol. The van der Waals surface area contributed by atoms with E-state index in [4.69, 9.17) is 9.15 Å². The van der Waals surface area contributed by atoms with Crippen LogP contribution in [-0.4, -0.2) is 25.0 Å². The van der Waals surface area contributed by atoms with Crippen molar-refractivity contribution in [3.63, 3.8) is 0 Å². The zero-order valence-corrected chi connectivity index (χ0v) is 15.3. The number of hydrogen-bond donors (Lipinski definition) is 1. The van der Waals surface area contributed by atoms with Gasteiger partial charge in [-0.25, -0.2) is 4.79 Å². The molecule has 0 aliphatic heterocycles. The molecular weight excluding hydrogens is 338 g/mol. The van der Waals surface area contributed by atoms with Crippen LogP contribution in [0.25, 0.3) is 0 Å². The van der Waals surface area contributed by atoms with E-state index in [2.05, 4.69) is 19.2 Å². The van der Waals surface area contributed by atoms with Crippen LogP contribution < -0.4 is 5.32 Å². The fourth-order valence-corrected chi connectivity index (χ4v) is 3.01. The van der Waals surface area contributed by atoms with Crippen molar-refractivity contribution in [3.8, 4) is 0 Å². The molecule has 134 valence electrons. The number of thioether (sulfide) groups is 1. The molecule has 2 aromatic rings. The number of furan rings is 1. The van der Waals surface area contributed by atoms with Gasteiger partial charge in [-0.2, -0.15) is 0 Å². The second-order valence-corrected chi connectivity index (χ2v) is 6.99. The molecule has 1 aromatic heterocycles. The number of amides is 1. The van der Waals surface area contributed by atoms with Crippen LogP contribution in [0.5, 0.6) is 0 Å². The number of carbonyl (C=O) groups is 2. The summed E-state index contributed by atoms with van der Waals surface area (Å²) in [6.07, 6.45) is 2.51. The van der Waals surface area contributed by atoms with Gasteiger partial charge in [0.1, 0.15) is 5.76 Å². The maximum Gasteiger partial charge on any atom is 0.339 e. The van der Waals surface area contributed by atoms with Gasteiger partial charge in [0.25, 0.3) is 5.91 Å². The van der Waals surface area contributed by atoms with Crippen molar-refractivity contribution >= 4 is 23.6 Å². The summed E-state index contributed by atoms with van der Waals surface area (Å²) in [6.45, 7) is 4.49. The van der Waals surface area contributed by atoms with Crippen molar-refractivity contribution < 1.29 is 18.7 Å². The summed E-state index contributed by atoms with van der Waals surface area (Å²) in [4.78, 5) is 24.8. The average molecular weight is 361 g/mol. The van der Waals surface area contributed by atoms with Gasteiger partial charge in [0, 0.05) is 11.4 Å². The Balaban J connectivity index is 1.85. The number of rotatable bonds is 9. The van der Waals surface area contributed by atoms with Crippen LogP contribution in [0.2, 0.25) is 0 Å². The topological polar surface area (TPSA) is 68.5 Å². The van der Waals surface area contributed by atoms with E-state index >= 15 is 0 Å². The molecule has 0 aliphatic carbocycles. The summed E-state index contributed by atoms with van der Waals surface area (Å²) in [5.74, 6) is 1.18. The van der Waals surface area contributed by atoms with Crippen LogP contribution in [0.1, 0.15) is 36.4 Å². The normalized spacial score (nSPS) is 10.7. The second-order valence-electron chi connectivity index (χ2n) is 5.97. The molecule has 0 unspecified atom stereocenters. The van der Waals surface area contributed by atoms with Crippen LogP contribution in [0.3, 0.4) is 0 Å². The summed E-state index contributed by atoms with van der Waals surface area (Å²) in [6, 6.07) is 10.9. The van der Waals surface area contributed by atoms with Crippen LogP contribution >= 0.6 is 11.8 Å². The van der Waals surface area contributed by atoms with Crippen molar-refractivity contribution in [2.45, 2.75) is 30.9 Å². The smallest absolute Gasteiger partial charge is 0.339 e. The first-order valence-corrected chi connectivity index (χ1v) is 9.23. The number of carbonyl (C=O) groups excluding carboxylic acids is 2. The maximum atomic E-state index is 12.3. The maximum absolute atomic E-state index is 12.3. The summed E-state index contributed by atoms with van der Waals surface area (Å²) < 4.78 is 10.4. The predicted octanol–water partition coefficient (Wildman–Crippen LogP) is 3.89. The van der Waals surface area contributed by atoms with Crippen LogP contribution in [-0.2, 0) is 15.3 Å². The number of ether oxygens (including phenoxy) is 1. The number of esters is 1. The first kappa shape index (κ1) is 19.1. The van der Waals surface area contributed by atoms with E-state index in [1.165, 1.54) is 11.8 Å². The quantitative estimate of drug-likeness (QED) is 0.542. The van der Waals surface area contributed by atoms with Gasteiger partial charge >= 0.3 is 5.97 Å². The van der Waals surface area contributed by atoms with Gasteiger partial charge in [-0.1, -0.05) is 26.0 Å². The SMILES string of the molecule is CC(C)CCNC(=O)COC(=O)c1ccccc1SCc1ccco1. The highest BCUT2D eigenvalue weighted by molar-refractivity contribution is 7.98. The van der Waals surface area contributed by atoms with E-state index in [1.54, 1.807) is 18.4 Å². The van der Waals surface area contributed by atoms with Crippen molar-refractivity contribution in [3.05, 3.63) is 54.0 Å². The molecule has 0 bridgehead atoms. The second kappa shape index (κ2) is 9.93. The Morgan fingerprint density at radius 3 is 2.72 bits per heavy atom. The van der Waals surface area contributed by atoms with E-state index in [0.29, 0.717) is 23.8 Å². The van der Waals surface area contributed by atoms with Gasteiger partial charge in [0.2, 0.25) is 0 Å². The number of nitrogens with one attached hydrogen (secondary N) is 1.